The number of rotatable bonds is 4. The fourth-order valence-corrected chi connectivity index (χ4v) is 6.15. The Morgan fingerprint density at radius 1 is 1.30 bits per heavy atom. The van der Waals surface area contributed by atoms with Crippen molar-refractivity contribution < 1.29 is 21.9 Å². The summed E-state index contributed by atoms with van der Waals surface area (Å²) in [6.07, 6.45) is -1.31. The molecule has 0 bridgehead atoms. The SMILES string of the molecule is CN(C)N([C@H]1CS(=O)(=O)C[C@@H]1O)S(=O)(=O)c1cccc(C#N)c1. The summed E-state index contributed by atoms with van der Waals surface area (Å²) in [4.78, 5) is -0.137. The lowest BCUT2D eigenvalue weighted by Crippen LogP contribution is -2.53. The average Bonchev–Trinajstić information content (AvgIpc) is 2.71. The summed E-state index contributed by atoms with van der Waals surface area (Å²) >= 11 is 0. The van der Waals surface area contributed by atoms with Gasteiger partial charge in [-0.15, -0.1) is 4.41 Å². The van der Waals surface area contributed by atoms with Crippen LogP contribution in [0, 0.1) is 11.3 Å². The van der Waals surface area contributed by atoms with Gasteiger partial charge in [0.25, 0.3) is 10.0 Å². The van der Waals surface area contributed by atoms with Gasteiger partial charge in [-0.2, -0.15) is 5.26 Å². The zero-order valence-corrected chi connectivity index (χ0v) is 14.2. The first-order valence-electron chi connectivity index (χ1n) is 6.69. The zero-order chi connectivity index (χ0) is 17.4. The molecule has 0 aromatic heterocycles. The fourth-order valence-electron chi connectivity index (χ4n) is 2.55. The molecule has 10 heteroatoms. The lowest BCUT2D eigenvalue weighted by molar-refractivity contribution is 0.0272. The third-order valence-corrected chi connectivity index (χ3v) is 7.12. The Hall–Kier alpha value is -1.51. The van der Waals surface area contributed by atoms with Crippen LogP contribution < -0.4 is 0 Å². The van der Waals surface area contributed by atoms with Crippen LogP contribution in [0.5, 0.6) is 0 Å². The summed E-state index contributed by atoms with van der Waals surface area (Å²) in [5, 5.41) is 20.1. The van der Waals surface area contributed by atoms with Gasteiger partial charge in [0.2, 0.25) is 0 Å². The number of hydrazine groups is 1. The van der Waals surface area contributed by atoms with Crippen molar-refractivity contribution >= 4 is 19.9 Å². The number of nitriles is 1. The average molecular weight is 359 g/mol. The fraction of sp³-hybridized carbons (Fsp3) is 0.462. The van der Waals surface area contributed by atoms with E-state index in [0.717, 1.165) is 4.41 Å². The molecule has 1 fully saturated rings. The van der Waals surface area contributed by atoms with Gasteiger partial charge in [-0.05, 0) is 18.2 Å². The Morgan fingerprint density at radius 3 is 2.43 bits per heavy atom. The minimum Gasteiger partial charge on any atom is -0.390 e. The molecule has 126 valence electrons. The van der Waals surface area contributed by atoms with E-state index >= 15 is 0 Å². The van der Waals surface area contributed by atoms with Crippen molar-refractivity contribution in [3.8, 4) is 6.07 Å². The van der Waals surface area contributed by atoms with Crippen LogP contribution in [-0.4, -0.2) is 69.1 Å². The molecule has 1 heterocycles. The molecule has 1 aromatic carbocycles. The first-order valence-corrected chi connectivity index (χ1v) is 9.95. The molecule has 2 rings (SSSR count). The van der Waals surface area contributed by atoms with Crippen molar-refractivity contribution in [3.63, 3.8) is 0 Å². The number of aliphatic hydroxyl groups is 1. The van der Waals surface area contributed by atoms with E-state index in [1.807, 2.05) is 6.07 Å². The van der Waals surface area contributed by atoms with Crippen molar-refractivity contribution in [2.45, 2.75) is 17.0 Å². The van der Waals surface area contributed by atoms with Crippen molar-refractivity contribution in [1.29, 1.82) is 5.26 Å². The number of hydrogen-bond donors (Lipinski definition) is 1. The number of aliphatic hydroxyl groups excluding tert-OH is 1. The highest BCUT2D eigenvalue weighted by Gasteiger charge is 2.46. The maximum atomic E-state index is 12.9. The van der Waals surface area contributed by atoms with Crippen molar-refractivity contribution in [1.82, 2.24) is 9.42 Å². The van der Waals surface area contributed by atoms with Crippen LogP contribution >= 0.6 is 0 Å². The predicted octanol–water partition coefficient (Wildman–Crippen LogP) is -0.817. The van der Waals surface area contributed by atoms with Gasteiger partial charge in [-0.25, -0.2) is 21.8 Å². The van der Waals surface area contributed by atoms with Crippen LogP contribution in [0.25, 0.3) is 0 Å². The second-order valence-corrected chi connectivity index (χ2v) is 9.43. The normalized spacial score (nSPS) is 24.0. The Kier molecular flexibility index (Phi) is 4.79. The summed E-state index contributed by atoms with van der Waals surface area (Å²) in [5.41, 5.74) is 0.171. The maximum absolute atomic E-state index is 12.9. The first-order chi connectivity index (χ1) is 10.6. The Bertz CT molecular complexity index is 843. The van der Waals surface area contributed by atoms with Gasteiger partial charge in [0.1, 0.15) is 0 Å². The minimum atomic E-state index is -4.12. The highest BCUT2D eigenvalue weighted by atomic mass is 32.2. The van der Waals surface area contributed by atoms with Crippen LogP contribution in [0.15, 0.2) is 29.2 Å². The standard InChI is InChI=1S/C13H17N3O5S2/c1-15(2)16(12-8-22(18,19)9-13(12)17)23(20,21)11-5-3-4-10(6-11)7-14/h3-6,12-13,17H,8-9H2,1-2H3/t12-,13-/m0/s1. The van der Waals surface area contributed by atoms with E-state index in [4.69, 9.17) is 5.26 Å². The van der Waals surface area contributed by atoms with Gasteiger partial charge in [-0.1, -0.05) is 6.07 Å². The van der Waals surface area contributed by atoms with Gasteiger partial charge in [0.05, 0.1) is 40.2 Å². The number of sulfone groups is 1. The summed E-state index contributed by atoms with van der Waals surface area (Å²) in [7, 11) is -4.73. The molecule has 0 saturated carbocycles. The van der Waals surface area contributed by atoms with Gasteiger partial charge < -0.3 is 5.11 Å². The second kappa shape index (κ2) is 6.18. The molecule has 8 nitrogen and oxygen atoms in total. The summed E-state index contributed by atoms with van der Waals surface area (Å²) in [6, 6.07) is 6.18. The second-order valence-electron chi connectivity index (χ2n) is 5.48. The maximum Gasteiger partial charge on any atom is 0.256 e. The quantitative estimate of drug-likeness (QED) is 0.698. The molecule has 0 radical (unpaired) electrons. The highest BCUT2D eigenvalue weighted by Crippen LogP contribution is 2.26. The van der Waals surface area contributed by atoms with E-state index in [2.05, 4.69) is 0 Å². The summed E-state index contributed by atoms with van der Waals surface area (Å²) < 4.78 is 50.0. The third kappa shape index (κ3) is 3.54. The van der Waals surface area contributed by atoms with Crippen molar-refractivity contribution in [2.24, 2.45) is 0 Å². The lowest BCUT2D eigenvalue weighted by Gasteiger charge is -2.34. The van der Waals surface area contributed by atoms with Gasteiger partial charge in [0, 0.05) is 14.1 Å². The summed E-state index contributed by atoms with van der Waals surface area (Å²) in [5.74, 6) is -0.931. The van der Waals surface area contributed by atoms with E-state index in [9.17, 15) is 21.9 Å². The first kappa shape index (κ1) is 17.8. The van der Waals surface area contributed by atoms with Crippen molar-refractivity contribution in [3.05, 3.63) is 29.8 Å². The van der Waals surface area contributed by atoms with Crippen LogP contribution in [0.4, 0.5) is 0 Å². The van der Waals surface area contributed by atoms with E-state index in [0.29, 0.717) is 0 Å². The molecule has 1 aliphatic heterocycles. The van der Waals surface area contributed by atoms with Crippen LogP contribution in [-0.2, 0) is 19.9 Å². The molecule has 0 aliphatic carbocycles. The molecule has 23 heavy (non-hydrogen) atoms. The third-order valence-electron chi connectivity index (χ3n) is 3.48. The Labute approximate surface area is 135 Å². The predicted molar refractivity (Wildman–Crippen MR) is 82.3 cm³/mol. The van der Waals surface area contributed by atoms with Gasteiger partial charge in [0.15, 0.2) is 9.84 Å². The van der Waals surface area contributed by atoms with E-state index < -0.39 is 43.5 Å². The topological polar surface area (TPSA) is 119 Å². The monoisotopic (exact) mass is 359 g/mol. The summed E-state index contributed by atoms with van der Waals surface area (Å²) in [6.45, 7) is 0. The molecule has 0 unspecified atom stereocenters. The Morgan fingerprint density at radius 2 is 1.96 bits per heavy atom. The van der Waals surface area contributed by atoms with E-state index in [1.165, 1.54) is 43.4 Å². The van der Waals surface area contributed by atoms with Crippen molar-refractivity contribution in [2.75, 3.05) is 25.6 Å². The zero-order valence-electron chi connectivity index (χ0n) is 12.6. The molecule has 1 aliphatic rings. The smallest absolute Gasteiger partial charge is 0.256 e. The van der Waals surface area contributed by atoms with Crippen LogP contribution in [0.2, 0.25) is 0 Å². The number of benzene rings is 1. The molecular formula is C13H17N3O5S2. The van der Waals surface area contributed by atoms with Gasteiger partial charge in [-0.3, -0.25) is 0 Å². The lowest BCUT2D eigenvalue weighted by atomic mass is 10.2. The molecule has 0 amide bonds. The Balaban J connectivity index is 2.51. The molecule has 2 atom stereocenters. The molecule has 1 aromatic rings. The molecule has 0 spiro atoms. The van der Waals surface area contributed by atoms with E-state index in [-0.39, 0.29) is 10.5 Å². The number of nitrogens with zero attached hydrogens (tertiary/aromatic N) is 3. The highest BCUT2D eigenvalue weighted by molar-refractivity contribution is 7.92. The molecule has 1 saturated heterocycles. The molecular weight excluding hydrogens is 342 g/mol. The number of sulfonamides is 1. The van der Waals surface area contributed by atoms with E-state index in [1.54, 1.807) is 0 Å². The minimum absolute atomic E-state index is 0.137. The largest absolute Gasteiger partial charge is 0.390 e. The molecule has 1 N–H and O–H groups in total. The van der Waals surface area contributed by atoms with Gasteiger partial charge >= 0.3 is 0 Å². The van der Waals surface area contributed by atoms with Crippen LogP contribution in [0.1, 0.15) is 5.56 Å². The number of hydrogen-bond acceptors (Lipinski definition) is 7. The van der Waals surface area contributed by atoms with Crippen LogP contribution in [0.3, 0.4) is 0 Å².